The Morgan fingerprint density at radius 3 is 2.30 bits per heavy atom. The third kappa shape index (κ3) is 2.97. The van der Waals surface area contributed by atoms with E-state index in [4.69, 9.17) is 0 Å². The Labute approximate surface area is 136 Å². The minimum atomic E-state index is -0.151. The van der Waals surface area contributed by atoms with Crippen LogP contribution in [0, 0.1) is 0 Å². The highest BCUT2D eigenvalue weighted by atomic mass is 16.2. The van der Waals surface area contributed by atoms with E-state index in [1.165, 1.54) is 0 Å². The fraction of sp³-hybridized carbons (Fsp3) is 0.263. The number of fused-ring (bicyclic) bond motifs is 1. The molecule has 118 valence electrons. The number of anilines is 2. The van der Waals surface area contributed by atoms with Crippen molar-refractivity contribution in [2.75, 3.05) is 9.80 Å². The van der Waals surface area contributed by atoms with Gasteiger partial charge in [-0.15, -0.1) is 0 Å². The first-order chi connectivity index (χ1) is 11.1. The number of benzene rings is 2. The molecule has 0 saturated carbocycles. The van der Waals surface area contributed by atoms with Crippen LogP contribution in [0.4, 0.5) is 11.4 Å². The SMILES string of the molecule is CC(=O)N1c2ccccc2N(Cc2ccccc2)C(=O)C[C@@H]1C. The average molecular weight is 308 g/mol. The lowest BCUT2D eigenvalue weighted by atomic mass is 10.1. The van der Waals surface area contributed by atoms with Gasteiger partial charge < -0.3 is 9.80 Å². The minimum Gasteiger partial charge on any atom is -0.307 e. The second-order valence-electron chi connectivity index (χ2n) is 5.90. The molecule has 2 aromatic carbocycles. The lowest BCUT2D eigenvalue weighted by molar-refractivity contribution is -0.119. The number of rotatable bonds is 2. The standard InChI is InChI=1S/C19H20N2O2/c1-14-12-19(23)20(13-16-8-4-3-5-9-16)17-10-6-7-11-18(17)21(14)15(2)22/h3-11,14H,12-13H2,1-2H3/t14-/m0/s1. The summed E-state index contributed by atoms with van der Waals surface area (Å²) in [6.45, 7) is 3.97. The Bertz CT molecular complexity index is 727. The summed E-state index contributed by atoms with van der Waals surface area (Å²) in [6, 6.07) is 17.4. The van der Waals surface area contributed by atoms with E-state index >= 15 is 0 Å². The van der Waals surface area contributed by atoms with Gasteiger partial charge in [-0.1, -0.05) is 42.5 Å². The zero-order valence-corrected chi connectivity index (χ0v) is 13.4. The molecule has 0 aliphatic carbocycles. The van der Waals surface area contributed by atoms with Crippen LogP contribution in [0.1, 0.15) is 25.8 Å². The maximum Gasteiger partial charge on any atom is 0.229 e. The summed E-state index contributed by atoms with van der Waals surface area (Å²) in [5.41, 5.74) is 2.66. The average Bonchev–Trinajstić information content (AvgIpc) is 2.63. The first-order valence-electron chi connectivity index (χ1n) is 7.81. The van der Waals surface area contributed by atoms with Gasteiger partial charge in [0, 0.05) is 19.4 Å². The summed E-state index contributed by atoms with van der Waals surface area (Å²) in [5.74, 6) is -0.00290. The molecule has 4 heteroatoms. The highest BCUT2D eigenvalue weighted by molar-refractivity contribution is 6.04. The van der Waals surface area contributed by atoms with Crippen LogP contribution in [-0.4, -0.2) is 17.9 Å². The minimum absolute atomic E-state index is 0.0394. The molecule has 1 aliphatic rings. The first-order valence-corrected chi connectivity index (χ1v) is 7.81. The molecule has 4 nitrogen and oxygen atoms in total. The third-order valence-corrected chi connectivity index (χ3v) is 4.17. The van der Waals surface area contributed by atoms with Crippen LogP contribution < -0.4 is 9.80 Å². The molecular weight excluding hydrogens is 288 g/mol. The molecule has 0 radical (unpaired) electrons. The predicted molar refractivity (Wildman–Crippen MR) is 91.3 cm³/mol. The second kappa shape index (κ2) is 6.24. The van der Waals surface area contributed by atoms with Crippen LogP contribution in [0.15, 0.2) is 54.6 Å². The molecule has 0 unspecified atom stereocenters. The number of nitrogens with zero attached hydrogens (tertiary/aromatic N) is 2. The summed E-state index contributed by atoms with van der Waals surface area (Å²) in [6.07, 6.45) is 0.321. The Hall–Kier alpha value is -2.62. The highest BCUT2D eigenvalue weighted by Crippen LogP contribution is 2.35. The Morgan fingerprint density at radius 2 is 1.65 bits per heavy atom. The van der Waals surface area contributed by atoms with Gasteiger partial charge in [-0.2, -0.15) is 0 Å². The molecule has 1 atom stereocenters. The van der Waals surface area contributed by atoms with Crippen LogP contribution in [0.2, 0.25) is 0 Å². The van der Waals surface area contributed by atoms with Crippen molar-refractivity contribution in [1.82, 2.24) is 0 Å². The van der Waals surface area contributed by atoms with Crippen molar-refractivity contribution < 1.29 is 9.59 Å². The smallest absolute Gasteiger partial charge is 0.229 e. The molecule has 0 saturated heterocycles. The van der Waals surface area contributed by atoms with Crippen LogP contribution in [-0.2, 0) is 16.1 Å². The lowest BCUT2D eigenvalue weighted by Crippen LogP contribution is -2.37. The number of hydrogen-bond acceptors (Lipinski definition) is 2. The molecule has 3 rings (SSSR count). The zero-order valence-electron chi connectivity index (χ0n) is 13.4. The van der Waals surface area contributed by atoms with Crippen LogP contribution in [0.3, 0.4) is 0 Å². The van der Waals surface area contributed by atoms with E-state index in [2.05, 4.69) is 0 Å². The normalized spacial score (nSPS) is 17.7. The van der Waals surface area contributed by atoms with E-state index in [0.717, 1.165) is 16.9 Å². The van der Waals surface area contributed by atoms with Gasteiger partial charge in [0.25, 0.3) is 0 Å². The molecular formula is C19H20N2O2. The molecule has 0 N–H and O–H groups in total. The van der Waals surface area contributed by atoms with E-state index < -0.39 is 0 Å². The fourth-order valence-corrected chi connectivity index (χ4v) is 3.14. The maximum absolute atomic E-state index is 12.7. The predicted octanol–water partition coefficient (Wildman–Crippen LogP) is 3.36. The molecule has 1 heterocycles. The number of carbonyl (C=O) groups excluding carboxylic acids is 2. The van der Waals surface area contributed by atoms with Gasteiger partial charge >= 0.3 is 0 Å². The monoisotopic (exact) mass is 308 g/mol. The van der Waals surface area contributed by atoms with E-state index in [1.54, 1.807) is 16.7 Å². The van der Waals surface area contributed by atoms with Crippen molar-refractivity contribution in [3.05, 3.63) is 60.2 Å². The zero-order chi connectivity index (χ0) is 16.4. The summed E-state index contributed by atoms with van der Waals surface area (Å²) >= 11 is 0. The van der Waals surface area contributed by atoms with Crippen molar-refractivity contribution in [3.63, 3.8) is 0 Å². The lowest BCUT2D eigenvalue weighted by Gasteiger charge is -2.27. The third-order valence-electron chi connectivity index (χ3n) is 4.17. The van der Waals surface area contributed by atoms with E-state index in [-0.39, 0.29) is 17.9 Å². The van der Waals surface area contributed by atoms with Crippen molar-refractivity contribution >= 4 is 23.2 Å². The molecule has 0 bridgehead atoms. The molecule has 0 fully saturated rings. The maximum atomic E-state index is 12.7. The van der Waals surface area contributed by atoms with Crippen molar-refractivity contribution in [2.24, 2.45) is 0 Å². The molecule has 2 aromatic rings. The Morgan fingerprint density at radius 1 is 1.04 bits per heavy atom. The summed E-state index contributed by atoms with van der Waals surface area (Å²) in [5, 5.41) is 0. The van der Waals surface area contributed by atoms with Gasteiger partial charge in [0.2, 0.25) is 11.8 Å². The summed E-state index contributed by atoms with van der Waals surface area (Å²) < 4.78 is 0. The van der Waals surface area contributed by atoms with Gasteiger partial charge in [0.05, 0.1) is 17.9 Å². The van der Waals surface area contributed by atoms with Gasteiger partial charge in [-0.3, -0.25) is 9.59 Å². The molecule has 2 amide bonds. The van der Waals surface area contributed by atoms with E-state index in [0.29, 0.717) is 13.0 Å². The fourth-order valence-electron chi connectivity index (χ4n) is 3.14. The number of amides is 2. The number of para-hydroxylation sites is 2. The largest absolute Gasteiger partial charge is 0.307 e. The summed E-state index contributed by atoms with van der Waals surface area (Å²) in [7, 11) is 0. The molecule has 23 heavy (non-hydrogen) atoms. The van der Waals surface area contributed by atoms with E-state index in [1.807, 2.05) is 61.5 Å². The van der Waals surface area contributed by atoms with Crippen molar-refractivity contribution in [2.45, 2.75) is 32.9 Å². The quantitative estimate of drug-likeness (QED) is 0.853. The van der Waals surface area contributed by atoms with E-state index in [9.17, 15) is 9.59 Å². The Balaban J connectivity index is 2.06. The van der Waals surface area contributed by atoms with Gasteiger partial charge in [-0.05, 0) is 24.6 Å². The topological polar surface area (TPSA) is 40.6 Å². The second-order valence-corrected chi connectivity index (χ2v) is 5.90. The Kier molecular flexibility index (Phi) is 4.15. The first kappa shape index (κ1) is 15.3. The van der Waals surface area contributed by atoms with Crippen LogP contribution in [0.25, 0.3) is 0 Å². The van der Waals surface area contributed by atoms with Gasteiger partial charge in [-0.25, -0.2) is 0 Å². The van der Waals surface area contributed by atoms with Crippen LogP contribution >= 0.6 is 0 Å². The van der Waals surface area contributed by atoms with Crippen LogP contribution in [0.5, 0.6) is 0 Å². The highest BCUT2D eigenvalue weighted by Gasteiger charge is 2.32. The molecule has 0 spiro atoms. The van der Waals surface area contributed by atoms with Gasteiger partial charge in [0.1, 0.15) is 0 Å². The van der Waals surface area contributed by atoms with Crippen molar-refractivity contribution in [3.8, 4) is 0 Å². The summed E-state index contributed by atoms with van der Waals surface area (Å²) in [4.78, 5) is 28.3. The van der Waals surface area contributed by atoms with Crippen molar-refractivity contribution in [1.29, 1.82) is 0 Å². The number of carbonyl (C=O) groups is 2. The molecule has 0 aromatic heterocycles. The molecule has 1 aliphatic heterocycles. The number of hydrogen-bond donors (Lipinski definition) is 0. The van der Waals surface area contributed by atoms with Gasteiger partial charge in [0.15, 0.2) is 0 Å².